The molecule has 0 saturated carbocycles. The molecular weight excluding hydrogens is 318 g/mol. The molecule has 3 N–H and O–H groups in total. The highest BCUT2D eigenvalue weighted by molar-refractivity contribution is 9.10. The fourth-order valence-corrected chi connectivity index (χ4v) is 2.27. The van der Waals surface area contributed by atoms with Crippen molar-refractivity contribution >= 4 is 44.2 Å². The molecule has 8 heteroatoms. The normalized spacial score (nSPS) is 10.6. The smallest absolute Gasteiger partial charge is 0.349 e. The highest BCUT2D eigenvalue weighted by Gasteiger charge is 2.20. The van der Waals surface area contributed by atoms with Gasteiger partial charge in [-0.1, -0.05) is 0 Å². The Labute approximate surface area is 115 Å². The van der Waals surface area contributed by atoms with E-state index in [1.54, 1.807) is 6.07 Å². The average Bonchev–Trinajstić information content (AvgIpc) is 2.74. The fourth-order valence-electron chi connectivity index (χ4n) is 1.82. The second-order valence-corrected chi connectivity index (χ2v) is 4.70. The number of hydrogen-bond acceptors (Lipinski definition) is 4. The van der Waals surface area contributed by atoms with Crippen LogP contribution >= 0.6 is 15.9 Å². The number of halogens is 1. The van der Waals surface area contributed by atoms with Crippen LogP contribution in [-0.4, -0.2) is 26.7 Å². The van der Waals surface area contributed by atoms with Gasteiger partial charge in [0.15, 0.2) is 0 Å². The van der Waals surface area contributed by atoms with Gasteiger partial charge in [0.2, 0.25) is 0 Å². The summed E-state index contributed by atoms with van der Waals surface area (Å²) >= 11 is 3.26. The van der Waals surface area contributed by atoms with E-state index in [-0.39, 0.29) is 12.1 Å². The second kappa shape index (κ2) is 4.81. The zero-order valence-corrected chi connectivity index (χ0v) is 11.0. The number of nitro benzene ring substituents is 1. The van der Waals surface area contributed by atoms with Crippen molar-refractivity contribution in [2.75, 3.05) is 0 Å². The van der Waals surface area contributed by atoms with Crippen LogP contribution in [0.25, 0.3) is 10.9 Å². The average molecular weight is 326 g/mol. The number of nitrogens with one attached hydrogen (secondary N) is 2. The summed E-state index contributed by atoms with van der Waals surface area (Å²) in [6, 6.07) is 2.89. The number of rotatable bonds is 4. The number of H-pyrrole nitrogens is 1. The molecule has 1 aromatic heterocycles. The number of hydrogen-bond donors (Lipinski definition) is 3. The quantitative estimate of drug-likeness (QED) is 0.454. The van der Waals surface area contributed by atoms with Crippen molar-refractivity contribution < 1.29 is 14.8 Å². The summed E-state index contributed by atoms with van der Waals surface area (Å²) in [5, 5.41) is 27.4. The van der Waals surface area contributed by atoms with E-state index in [0.717, 1.165) is 0 Å². The molecule has 0 bridgehead atoms. The molecule has 0 saturated heterocycles. The van der Waals surface area contributed by atoms with Crippen LogP contribution in [0, 0.1) is 15.5 Å². The Morgan fingerprint density at radius 3 is 2.79 bits per heavy atom. The number of carbonyl (C=O) groups is 1. The van der Waals surface area contributed by atoms with Gasteiger partial charge in [-0.3, -0.25) is 15.5 Å². The summed E-state index contributed by atoms with van der Waals surface area (Å²) < 4.78 is 0.640. The van der Waals surface area contributed by atoms with Gasteiger partial charge in [0.25, 0.3) is 5.69 Å². The molecule has 0 aliphatic carbocycles. The minimum atomic E-state index is -1.34. The second-order valence-electron chi connectivity index (χ2n) is 3.85. The van der Waals surface area contributed by atoms with Gasteiger partial charge in [-0.2, -0.15) is 0 Å². The van der Waals surface area contributed by atoms with Crippen LogP contribution < -0.4 is 0 Å². The number of aliphatic carboxylic acids is 1. The molecule has 0 aliphatic rings. The van der Waals surface area contributed by atoms with Gasteiger partial charge in [0, 0.05) is 23.2 Å². The molecule has 0 radical (unpaired) electrons. The lowest BCUT2D eigenvalue weighted by atomic mass is 10.1. The summed E-state index contributed by atoms with van der Waals surface area (Å²) in [6.45, 7) is 0. The third kappa shape index (κ3) is 2.34. The van der Waals surface area contributed by atoms with Gasteiger partial charge >= 0.3 is 5.97 Å². The summed E-state index contributed by atoms with van der Waals surface area (Å²) in [7, 11) is 0. The molecule has 0 unspecified atom stereocenters. The molecule has 19 heavy (non-hydrogen) atoms. The number of fused-ring (bicyclic) bond motifs is 1. The monoisotopic (exact) mass is 325 g/mol. The van der Waals surface area contributed by atoms with Crippen LogP contribution in [-0.2, 0) is 11.2 Å². The zero-order chi connectivity index (χ0) is 14.2. The van der Waals surface area contributed by atoms with Crippen LogP contribution in [0.5, 0.6) is 0 Å². The van der Waals surface area contributed by atoms with Gasteiger partial charge in [-0.05, 0) is 27.6 Å². The maximum atomic E-state index is 11.0. The minimum Gasteiger partial charge on any atom is -0.477 e. The summed E-state index contributed by atoms with van der Waals surface area (Å²) in [6.07, 6.45) is 1.31. The number of carboxylic acids is 1. The molecule has 2 aromatic rings. The van der Waals surface area contributed by atoms with Crippen molar-refractivity contribution in [2.45, 2.75) is 6.42 Å². The van der Waals surface area contributed by atoms with Crippen LogP contribution in [0.15, 0.2) is 22.8 Å². The third-order valence-electron chi connectivity index (χ3n) is 2.67. The number of benzene rings is 1. The summed E-state index contributed by atoms with van der Waals surface area (Å²) in [5.41, 5.74) is 0.292. The minimum absolute atomic E-state index is 0.118. The van der Waals surface area contributed by atoms with Gasteiger partial charge in [-0.15, -0.1) is 0 Å². The van der Waals surface area contributed by atoms with E-state index in [1.165, 1.54) is 12.3 Å². The van der Waals surface area contributed by atoms with E-state index < -0.39 is 16.6 Å². The Balaban J connectivity index is 2.63. The zero-order valence-electron chi connectivity index (χ0n) is 9.44. The van der Waals surface area contributed by atoms with Crippen LogP contribution in [0.3, 0.4) is 0 Å². The van der Waals surface area contributed by atoms with Gasteiger partial charge in [-0.25, -0.2) is 4.79 Å². The highest BCUT2D eigenvalue weighted by Crippen LogP contribution is 2.33. The van der Waals surface area contributed by atoms with Crippen molar-refractivity contribution in [3.05, 3.63) is 38.5 Å². The summed E-state index contributed by atoms with van der Waals surface area (Å²) in [5.74, 6) is -1.34. The van der Waals surface area contributed by atoms with Crippen molar-refractivity contribution in [3.8, 4) is 0 Å². The van der Waals surface area contributed by atoms with Crippen molar-refractivity contribution in [1.82, 2.24) is 4.98 Å². The Kier molecular flexibility index (Phi) is 3.34. The Morgan fingerprint density at radius 2 is 2.21 bits per heavy atom. The third-order valence-corrected chi connectivity index (χ3v) is 3.33. The molecule has 7 nitrogen and oxygen atoms in total. The van der Waals surface area contributed by atoms with E-state index in [9.17, 15) is 14.9 Å². The first-order valence-corrected chi connectivity index (χ1v) is 5.94. The maximum absolute atomic E-state index is 11.0. The molecule has 0 amide bonds. The van der Waals surface area contributed by atoms with Crippen LogP contribution in [0.2, 0.25) is 0 Å². The van der Waals surface area contributed by atoms with E-state index in [1.807, 2.05) is 0 Å². The standard InChI is InChI=1S/C11H8BrN3O4/c12-6-1-2-8(15(18)19)9-5(4-14-10(6)9)3-7(13)11(16)17/h1-2,4,13-14H,3H2,(H,16,17). The number of carboxylic acid groups (broad SMARTS) is 1. The number of non-ortho nitro benzene ring substituents is 1. The molecule has 1 heterocycles. The SMILES string of the molecule is N=C(Cc1c[nH]c2c(Br)ccc([N+](=O)[O-])c12)C(=O)O. The van der Waals surface area contributed by atoms with Crippen molar-refractivity contribution in [3.63, 3.8) is 0 Å². The predicted octanol–water partition coefficient (Wildman–Crippen LogP) is 2.49. The number of aromatic amines is 1. The molecule has 0 fully saturated rings. The predicted molar refractivity (Wildman–Crippen MR) is 71.7 cm³/mol. The molecule has 2 rings (SSSR count). The Bertz CT molecular complexity index is 707. The van der Waals surface area contributed by atoms with Crippen molar-refractivity contribution in [1.29, 1.82) is 5.41 Å². The lowest BCUT2D eigenvalue weighted by molar-refractivity contribution is -0.383. The summed E-state index contributed by atoms with van der Waals surface area (Å²) in [4.78, 5) is 24.0. The van der Waals surface area contributed by atoms with E-state index in [0.29, 0.717) is 20.9 Å². The van der Waals surface area contributed by atoms with E-state index >= 15 is 0 Å². The van der Waals surface area contributed by atoms with Gasteiger partial charge in [0.1, 0.15) is 5.71 Å². The first-order chi connectivity index (χ1) is 8.91. The number of aromatic nitrogens is 1. The van der Waals surface area contributed by atoms with Gasteiger partial charge in [0.05, 0.1) is 15.8 Å². The lowest BCUT2D eigenvalue weighted by Gasteiger charge is -2.00. The fraction of sp³-hybridized carbons (Fsp3) is 0.0909. The van der Waals surface area contributed by atoms with Crippen LogP contribution in [0.4, 0.5) is 5.69 Å². The molecule has 0 spiro atoms. The molecule has 0 atom stereocenters. The number of nitrogens with zero attached hydrogens (tertiary/aromatic N) is 1. The van der Waals surface area contributed by atoms with Crippen LogP contribution in [0.1, 0.15) is 5.56 Å². The lowest BCUT2D eigenvalue weighted by Crippen LogP contribution is -2.14. The Morgan fingerprint density at radius 1 is 1.53 bits per heavy atom. The molecule has 1 aromatic carbocycles. The first kappa shape index (κ1) is 13.2. The van der Waals surface area contributed by atoms with Gasteiger partial charge < -0.3 is 10.1 Å². The topological polar surface area (TPSA) is 120 Å². The molecule has 98 valence electrons. The molecule has 0 aliphatic heterocycles. The van der Waals surface area contributed by atoms with Crippen molar-refractivity contribution in [2.24, 2.45) is 0 Å². The highest BCUT2D eigenvalue weighted by atomic mass is 79.9. The van der Waals surface area contributed by atoms with E-state index in [4.69, 9.17) is 10.5 Å². The number of nitro groups is 1. The maximum Gasteiger partial charge on any atom is 0.349 e. The largest absolute Gasteiger partial charge is 0.477 e. The first-order valence-electron chi connectivity index (χ1n) is 5.15. The molecular formula is C11H8BrN3O4. The Hall–Kier alpha value is -2.22. The van der Waals surface area contributed by atoms with E-state index in [2.05, 4.69) is 20.9 Å².